The molecule has 3 aliphatic carbocycles. The van der Waals surface area contributed by atoms with Crippen molar-refractivity contribution in [1.82, 2.24) is 0 Å². The number of carbonyl (C=O) groups excluding carboxylic acids is 1. The Hall–Kier alpha value is -0.850. The Morgan fingerprint density at radius 3 is 3.21 bits per heavy atom. The van der Waals surface area contributed by atoms with Crippen LogP contribution < -0.4 is 0 Å². The van der Waals surface area contributed by atoms with Crippen molar-refractivity contribution in [1.29, 1.82) is 0 Å². The van der Waals surface area contributed by atoms with E-state index in [4.69, 9.17) is 0 Å². The van der Waals surface area contributed by atoms with Gasteiger partial charge < -0.3 is 0 Å². The van der Waals surface area contributed by atoms with E-state index in [0.29, 0.717) is 17.6 Å². The van der Waals surface area contributed by atoms with Crippen molar-refractivity contribution in [3.63, 3.8) is 0 Å². The lowest BCUT2D eigenvalue weighted by molar-refractivity contribution is -0.129. The molecule has 74 valence electrons. The maximum Gasteiger partial charge on any atom is 0.137 e. The fourth-order valence-corrected chi connectivity index (χ4v) is 3.70. The van der Waals surface area contributed by atoms with Crippen molar-refractivity contribution in [3.8, 4) is 0 Å². The molecule has 2 fully saturated rings. The van der Waals surface area contributed by atoms with Crippen LogP contribution in [-0.2, 0) is 4.79 Å². The molecular weight excluding hydrogens is 172 g/mol. The highest BCUT2D eigenvalue weighted by Crippen LogP contribution is 2.58. The van der Waals surface area contributed by atoms with Gasteiger partial charge in [-0.05, 0) is 31.6 Å². The van der Waals surface area contributed by atoms with Crippen LogP contribution in [0.3, 0.4) is 0 Å². The third-order valence-electron chi connectivity index (χ3n) is 4.36. The standard InChI is InChI=1S/C13H16O/c1-9-7-13-5-3-2-4-11(13)12(14)6-10(9)8-13/h3,5,10-11H,1-2,4,6-8H2/t10-,11-,13-/m1/s1. The van der Waals surface area contributed by atoms with Crippen LogP contribution in [0.25, 0.3) is 0 Å². The van der Waals surface area contributed by atoms with Crippen molar-refractivity contribution < 1.29 is 4.79 Å². The third kappa shape index (κ3) is 0.930. The van der Waals surface area contributed by atoms with Gasteiger partial charge in [-0.1, -0.05) is 24.3 Å². The summed E-state index contributed by atoms with van der Waals surface area (Å²) in [4.78, 5) is 12.0. The van der Waals surface area contributed by atoms with Crippen LogP contribution in [0.4, 0.5) is 0 Å². The molecule has 0 unspecified atom stereocenters. The van der Waals surface area contributed by atoms with E-state index in [0.717, 1.165) is 25.7 Å². The Balaban J connectivity index is 2.07. The molecule has 1 nitrogen and oxygen atoms in total. The lowest BCUT2D eigenvalue weighted by Gasteiger charge is -2.39. The largest absolute Gasteiger partial charge is 0.299 e. The number of Topliss-reactive ketones (excluding diaryl/α,β-unsaturated/α-hetero) is 1. The highest BCUT2D eigenvalue weighted by Gasteiger charge is 2.52. The van der Waals surface area contributed by atoms with Crippen LogP contribution in [0.1, 0.15) is 32.1 Å². The van der Waals surface area contributed by atoms with Gasteiger partial charge in [0.15, 0.2) is 0 Å². The Bertz CT molecular complexity index is 339. The van der Waals surface area contributed by atoms with Gasteiger partial charge in [-0.15, -0.1) is 0 Å². The number of rotatable bonds is 0. The van der Waals surface area contributed by atoms with E-state index in [1.807, 2.05) is 0 Å². The lowest BCUT2D eigenvalue weighted by atomic mass is 9.63. The molecule has 0 heterocycles. The molecule has 2 saturated carbocycles. The second-order valence-electron chi connectivity index (χ2n) is 5.17. The smallest absolute Gasteiger partial charge is 0.137 e. The van der Waals surface area contributed by atoms with E-state index >= 15 is 0 Å². The minimum absolute atomic E-state index is 0.204. The molecule has 3 aliphatic rings. The van der Waals surface area contributed by atoms with Crippen LogP contribution in [0.5, 0.6) is 0 Å². The summed E-state index contributed by atoms with van der Waals surface area (Å²) >= 11 is 0. The molecule has 0 N–H and O–H groups in total. The fraction of sp³-hybridized carbons (Fsp3) is 0.615. The summed E-state index contributed by atoms with van der Waals surface area (Å²) in [6.45, 7) is 4.13. The minimum Gasteiger partial charge on any atom is -0.299 e. The molecule has 3 rings (SSSR count). The van der Waals surface area contributed by atoms with Crippen LogP contribution in [0.2, 0.25) is 0 Å². The third-order valence-corrected chi connectivity index (χ3v) is 4.36. The van der Waals surface area contributed by atoms with Gasteiger partial charge in [0.25, 0.3) is 0 Å². The maximum atomic E-state index is 12.0. The maximum absolute atomic E-state index is 12.0. The highest BCUT2D eigenvalue weighted by molar-refractivity contribution is 5.84. The SMILES string of the molecule is C=C1C[C@@]23C=CCC[C@@H]2C(=O)C[C@@H]1C3. The van der Waals surface area contributed by atoms with Gasteiger partial charge in [0.05, 0.1) is 0 Å². The molecule has 0 aromatic rings. The van der Waals surface area contributed by atoms with E-state index in [2.05, 4.69) is 18.7 Å². The first-order chi connectivity index (χ1) is 6.71. The second kappa shape index (κ2) is 2.59. The van der Waals surface area contributed by atoms with Crippen LogP contribution >= 0.6 is 0 Å². The zero-order chi connectivity index (χ0) is 9.76. The van der Waals surface area contributed by atoms with Crippen LogP contribution in [0.15, 0.2) is 24.3 Å². The van der Waals surface area contributed by atoms with Gasteiger partial charge in [-0.2, -0.15) is 0 Å². The van der Waals surface area contributed by atoms with Crippen molar-refractivity contribution in [3.05, 3.63) is 24.3 Å². The molecule has 0 aliphatic heterocycles. The molecule has 1 spiro atoms. The number of allylic oxidation sites excluding steroid dienone is 3. The molecule has 0 aromatic carbocycles. The van der Waals surface area contributed by atoms with Crippen LogP contribution in [-0.4, -0.2) is 5.78 Å². The molecule has 14 heavy (non-hydrogen) atoms. The van der Waals surface area contributed by atoms with Gasteiger partial charge in [-0.3, -0.25) is 4.79 Å². The summed E-state index contributed by atoms with van der Waals surface area (Å²) < 4.78 is 0. The predicted molar refractivity (Wildman–Crippen MR) is 55.8 cm³/mol. The predicted octanol–water partition coefficient (Wildman–Crippen LogP) is 2.88. The number of fused-ring (bicyclic) bond motifs is 1. The molecule has 2 bridgehead atoms. The average molecular weight is 188 g/mol. The summed E-state index contributed by atoms with van der Waals surface area (Å²) in [5, 5.41) is 0. The lowest BCUT2D eigenvalue weighted by Crippen LogP contribution is -2.38. The van der Waals surface area contributed by atoms with Gasteiger partial charge in [0.2, 0.25) is 0 Å². The molecular formula is C13H16O. The van der Waals surface area contributed by atoms with Gasteiger partial charge in [0, 0.05) is 17.8 Å². The van der Waals surface area contributed by atoms with Crippen molar-refractivity contribution >= 4 is 5.78 Å². The molecule has 0 saturated heterocycles. The molecule has 0 aromatic heterocycles. The van der Waals surface area contributed by atoms with Crippen molar-refractivity contribution in [2.75, 3.05) is 0 Å². The molecule has 0 radical (unpaired) electrons. The summed E-state index contributed by atoms with van der Waals surface area (Å²) in [6, 6.07) is 0. The van der Waals surface area contributed by atoms with E-state index in [-0.39, 0.29) is 5.41 Å². The zero-order valence-corrected chi connectivity index (χ0v) is 8.46. The van der Waals surface area contributed by atoms with E-state index in [1.54, 1.807) is 0 Å². The number of carbonyl (C=O) groups is 1. The topological polar surface area (TPSA) is 17.1 Å². The van der Waals surface area contributed by atoms with Gasteiger partial charge in [0.1, 0.15) is 5.78 Å². The highest BCUT2D eigenvalue weighted by atomic mass is 16.1. The Morgan fingerprint density at radius 2 is 2.36 bits per heavy atom. The second-order valence-corrected chi connectivity index (χ2v) is 5.17. The number of ketones is 1. The summed E-state index contributed by atoms with van der Waals surface area (Å²) in [5.74, 6) is 1.33. The first-order valence-electron chi connectivity index (χ1n) is 5.59. The zero-order valence-electron chi connectivity index (χ0n) is 8.46. The first-order valence-corrected chi connectivity index (χ1v) is 5.59. The minimum atomic E-state index is 0.204. The average Bonchev–Trinajstić information content (AvgIpc) is 2.39. The summed E-state index contributed by atoms with van der Waals surface area (Å²) in [6.07, 6.45) is 9.81. The van der Waals surface area contributed by atoms with Gasteiger partial charge >= 0.3 is 0 Å². The van der Waals surface area contributed by atoms with Gasteiger partial charge in [-0.25, -0.2) is 0 Å². The normalized spacial score (nSPS) is 45.4. The van der Waals surface area contributed by atoms with E-state index < -0.39 is 0 Å². The summed E-state index contributed by atoms with van der Waals surface area (Å²) in [7, 11) is 0. The molecule has 3 atom stereocenters. The van der Waals surface area contributed by atoms with Crippen molar-refractivity contribution in [2.24, 2.45) is 17.3 Å². The number of hydrogen-bond acceptors (Lipinski definition) is 1. The Labute approximate surface area is 84.9 Å². The number of hydrogen-bond donors (Lipinski definition) is 0. The monoisotopic (exact) mass is 188 g/mol. The first kappa shape index (κ1) is 8.46. The summed E-state index contributed by atoms with van der Waals surface area (Å²) in [5.41, 5.74) is 1.53. The molecule has 0 amide bonds. The quantitative estimate of drug-likeness (QED) is 0.534. The van der Waals surface area contributed by atoms with E-state index in [9.17, 15) is 4.79 Å². The van der Waals surface area contributed by atoms with Crippen LogP contribution in [0, 0.1) is 17.3 Å². The van der Waals surface area contributed by atoms with E-state index in [1.165, 1.54) is 12.0 Å². The Morgan fingerprint density at radius 1 is 1.50 bits per heavy atom. The fourth-order valence-electron chi connectivity index (χ4n) is 3.70. The molecule has 1 heteroatoms. The Kier molecular flexibility index (Phi) is 1.56. The van der Waals surface area contributed by atoms with Crippen molar-refractivity contribution in [2.45, 2.75) is 32.1 Å².